The zero-order valence-corrected chi connectivity index (χ0v) is 18.3. The van der Waals surface area contributed by atoms with Crippen molar-refractivity contribution in [2.24, 2.45) is 0 Å². The Morgan fingerprint density at radius 2 is 1.78 bits per heavy atom. The first-order valence-electron chi connectivity index (χ1n) is 10.2. The fraction of sp³-hybridized carbons (Fsp3) is 0.409. The number of carbonyl (C=O) groups excluding carboxylic acids is 1. The van der Waals surface area contributed by atoms with Gasteiger partial charge in [-0.1, -0.05) is 30.7 Å². The fourth-order valence-corrected chi connectivity index (χ4v) is 5.48. The quantitative estimate of drug-likeness (QED) is 0.675. The van der Waals surface area contributed by atoms with Crippen molar-refractivity contribution in [3.05, 3.63) is 64.7 Å². The third-order valence-corrected chi connectivity index (χ3v) is 7.50. The molecule has 0 bridgehead atoms. The molecular weight excluding hydrogens is 445 g/mol. The molecule has 1 aliphatic rings. The van der Waals surface area contributed by atoms with Crippen molar-refractivity contribution in [2.45, 2.75) is 43.4 Å². The first-order chi connectivity index (χ1) is 15.0. The van der Waals surface area contributed by atoms with Gasteiger partial charge in [0.05, 0.1) is 16.6 Å². The number of hydrogen-bond donors (Lipinski definition) is 2. The normalized spacial score (nSPS) is 16.5. The average Bonchev–Trinajstić information content (AvgIpc) is 2.77. The van der Waals surface area contributed by atoms with Crippen LogP contribution in [0.15, 0.2) is 47.4 Å². The number of amides is 1. The van der Waals surface area contributed by atoms with E-state index in [1.807, 2.05) is 0 Å². The lowest BCUT2D eigenvalue weighted by atomic mass is 10.0. The third kappa shape index (κ3) is 5.31. The highest BCUT2D eigenvalue weighted by Crippen LogP contribution is 2.34. The number of benzene rings is 2. The van der Waals surface area contributed by atoms with Crippen molar-refractivity contribution in [1.29, 1.82) is 0 Å². The summed E-state index contributed by atoms with van der Waals surface area (Å²) in [6.45, 7) is 2.01. The molecule has 2 aromatic carbocycles. The summed E-state index contributed by atoms with van der Waals surface area (Å²) in [5.41, 5.74) is -0.793. The van der Waals surface area contributed by atoms with Gasteiger partial charge in [0.25, 0.3) is 5.91 Å². The van der Waals surface area contributed by atoms with E-state index in [0.717, 1.165) is 31.4 Å². The van der Waals surface area contributed by atoms with Crippen molar-refractivity contribution in [2.75, 3.05) is 19.6 Å². The zero-order valence-electron chi connectivity index (χ0n) is 17.5. The second-order valence-electron chi connectivity index (χ2n) is 7.76. The van der Waals surface area contributed by atoms with Gasteiger partial charge in [-0.3, -0.25) is 4.79 Å². The number of aliphatic hydroxyl groups is 1. The number of halogens is 3. The van der Waals surface area contributed by atoms with Crippen LogP contribution >= 0.6 is 0 Å². The summed E-state index contributed by atoms with van der Waals surface area (Å²) in [7, 11) is -3.77. The highest BCUT2D eigenvalue weighted by atomic mass is 32.2. The van der Waals surface area contributed by atoms with E-state index in [0.29, 0.717) is 18.7 Å². The number of carbonyl (C=O) groups is 1. The first kappa shape index (κ1) is 24.2. The summed E-state index contributed by atoms with van der Waals surface area (Å²) in [4.78, 5) is 12.6. The van der Waals surface area contributed by atoms with Crippen LogP contribution in [0.25, 0.3) is 0 Å². The molecule has 2 N–H and O–H groups in total. The lowest BCUT2D eigenvalue weighted by molar-refractivity contribution is -0.139. The molecule has 32 heavy (non-hydrogen) atoms. The van der Waals surface area contributed by atoms with Gasteiger partial charge in [0.2, 0.25) is 10.0 Å². The van der Waals surface area contributed by atoms with Crippen molar-refractivity contribution < 1.29 is 31.5 Å². The van der Waals surface area contributed by atoms with E-state index in [9.17, 15) is 31.5 Å². The molecule has 0 aliphatic carbocycles. The van der Waals surface area contributed by atoms with Gasteiger partial charge in [-0.25, -0.2) is 8.42 Å². The Morgan fingerprint density at radius 1 is 1.12 bits per heavy atom. The summed E-state index contributed by atoms with van der Waals surface area (Å²) < 4.78 is 66.9. The van der Waals surface area contributed by atoms with Crippen LogP contribution in [0.3, 0.4) is 0 Å². The van der Waals surface area contributed by atoms with Gasteiger partial charge in [0.1, 0.15) is 0 Å². The second kappa shape index (κ2) is 9.60. The molecule has 1 heterocycles. The number of piperidine rings is 1. The molecule has 1 saturated heterocycles. The summed E-state index contributed by atoms with van der Waals surface area (Å²) >= 11 is 0. The molecule has 10 heteroatoms. The monoisotopic (exact) mass is 470 g/mol. The molecule has 3 rings (SSSR count). The molecule has 0 radical (unpaired) electrons. The Hall–Kier alpha value is -2.43. The van der Waals surface area contributed by atoms with Gasteiger partial charge in [0, 0.05) is 25.2 Å². The summed E-state index contributed by atoms with van der Waals surface area (Å²) in [6.07, 6.45) is -3.71. The minimum atomic E-state index is -4.64. The zero-order chi connectivity index (χ0) is 23.5. The Labute approximate surface area is 185 Å². The van der Waals surface area contributed by atoms with Gasteiger partial charge >= 0.3 is 6.18 Å². The van der Waals surface area contributed by atoms with Crippen molar-refractivity contribution in [1.82, 2.24) is 9.62 Å². The summed E-state index contributed by atoms with van der Waals surface area (Å²) in [5.74, 6) is -0.691. The number of sulfonamides is 1. The summed E-state index contributed by atoms with van der Waals surface area (Å²) in [5, 5.41) is 12.6. The predicted octanol–water partition coefficient (Wildman–Crippen LogP) is 3.65. The summed E-state index contributed by atoms with van der Waals surface area (Å²) in [6, 6.07) is 8.82. The lowest BCUT2D eigenvalue weighted by Crippen LogP contribution is -2.36. The van der Waals surface area contributed by atoms with Gasteiger partial charge in [0.15, 0.2) is 0 Å². The van der Waals surface area contributed by atoms with E-state index in [2.05, 4.69) is 5.32 Å². The van der Waals surface area contributed by atoms with Crippen LogP contribution in [0, 0.1) is 6.92 Å². The number of hydrogen-bond acceptors (Lipinski definition) is 4. The van der Waals surface area contributed by atoms with Gasteiger partial charge in [-0.05, 0) is 49.1 Å². The van der Waals surface area contributed by atoms with E-state index in [1.54, 1.807) is 6.92 Å². The van der Waals surface area contributed by atoms with Gasteiger partial charge in [-0.15, -0.1) is 0 Å². The van der Waals surface area contributed by atoms with Gasteiger partial charge in [-0.2, -0.15) is 17.5 Å². The predicted molar refractivity (Wildman–Crippen MR) is 113 cm³/mol. The van der Waals surface area contributed by atoms with Crippen LogP contribution in [-0.2, 0) is 16.2 Å². The number of nitrogens with zero attached hydrogens (tertiary/aromatic N) is 1. The Kier molecular flexibility index (Phi) is 7.26. The van der Waals surface area contributed by atoms with Crippen molar-refractivity contribution in [3.63, 3.8) is 0 Å². The topological polar surface area (TPSA) is 86.7 Å². The number of aryl methyl sites for hydroxylation is 1. The number of alkyl halides is 3. The molecule has 6 nitrogen and oxygen atoms in total. The maximum atomic E-state index is 13.2. The highest BCUT2D eigenvalue weighted by Gasteiger charge is 2.34. The maximum absolute atomic E-state index is 13.2. The number of nitrogens with one attached hydrogen (secondary N) is 1. The first-order valence-corrected chi connectivity index (χ1v) is 11.7. The smallest absolute Gasteiger partial charge is 0.387 e. The van der Waals surface area contributed by atoms with E-state index in [1.165, 1.54) is 34.6 Å². The van der Waals surface area contributed by atoms with E-state index in [-0.39, 0.29) is 16.0 Å². The van der Waals surface area contributed by atoms with Crippen LogP contribution in [0.4, 0.5) is 13.2 Å². The standard InChI is InChI=1S/C22H25F3N2O4S/c1-15-9-10-16(13-20(15)32(30,31)27-11-5-2-6-12-27)21(29)26-14-19(28)17-7-3-4-8-18(17)22(23,24)25/h3-4,7-10,13,19,28H,2,5-6,11-12,14H2,1H3,(H,26,29). The molecule has 174 valence electrons. The Balaban J connectivity index is 1.76. The minimum Gasteiger partial charge on any atom is -0.387 e. The van der Waals surface area contributed by atoms with Crippen molar-refractivity contribution in [3.8, 4) is 0 Å². The highest BCUT2D eigenvalue weighted by molar-refractivity contribution is 7.89. The molecule has 1 amide bonds. The minimum absolute atomic E-state index is 0.0232. The Morgan fingerprint density at radius 3 is 2.44 bits per heavy atom. The third-order valence-electron chi connectivity index (χ3n) is 5.46. The SMILES string of the molecule is Cc1ccc(C(=O)NCC(O)c2ccccc2C(F)(F)F)cc1S(=O)(=O)N1CCCCC1. The van der Waals surface area contributed by atoms with Crippen molar-refractivity contribution >= 4 is 15.9 Å². The largest absolute Gasteiger partial charge is 0.416 e. The Bertz CT molecular complexity index is 1080. The van der Waals surface area contributed by atoms with Crippen LogP contribution in [0.5, 0.6) is 0 Å². The van der Waals surface area contributed by atoms with E-state index < -0.39 is 40.3 Å². The molecule has 0 spiro atoms. The molecule has 0 aromatic heterocycles. The number of aliphatic hydroxyl groups excluding tert-OH is 1. The average molecular weight is 471 g/mol. The molecule has 1 fully saturated rings. The van der Waals surface area contributed by atoms with Crippen LogP contribution in [-0.4, -0.2) is 43.4 Å². The second-order valence-corrected chi connectivity index (χ2v) is 9.66. The lowest BCUT2D eigenvalue weighted by Gasteiger charge is -2.26. The fourth-order valence-electron chi connectivity index (χ4n) is 3.71. The molecular formula is C22H25F3N2O4S. The molecule has 2 aromatic rings. The van der Waals surface area contributed by atoms with E-state index in [4.69, 9.17) is 0 Å². The number of rotatable bonds is 6. The maximum Gasteiger partial charge on any atom is 0.416 e. The van der Waals surface area contributed by atoms with Crippen LogP contribution in [0.2, 0.25) is 0 Å². The van der Waals surface area contributed by atoms with Crippen LogP contribution < -0.4 is 5.32 Å². The van der Waals surface area contributed by atoms with Crippen LogP contribution in [0.1, 0.15) is 52.4 Å². The molecule has 0 saturated carbocycles. The van der Waals surface area contributed by atoms with Gasteiger partial charge < -0.3 is 10.4 Å². The molecule has 1 atom stereocenters. The van der Waals surface area contributed by atoms with E-state index >= 15 is 0 Å². The molecule has 1 unspecified atom stereocenters. The molecule has 1 aliphatic heterocycles.